The van der Waals surface area contributed by atoms with Crippen molar-refractivity contribution in [2.24, 2.45) is 5.92 Å². The van der Waals surface area contributed by atoms with Gasteiger partial charge in [0.1, 0.15) is 17.6 Å². The lowest BCUT2D eigenvalue weighted by Gasteiger charge is -2.30. The fourth-order valence-electron chi connectivity index (χ4n) is 5.88. The van der Waals surface area contributed by atoms with E-state index in [0.717, 1.165) is 38.5 Å². The van der Waals surface area contributed by atoms with E-state index >= 15 is 4.39 Å². The van der Waals surface area contributed by atoms with Crippen LogP contribution in [0, 0.1) is 11.7 Å². The highest BCUT2D eigenvalue weighted by Crippen LogP contribution is 2.29. The van der Waals surface area contributed by atoms with Crippen LogP contribution in [-0.4, -0.2) is 51.5 Å². The first-order chi connectivity index (χ1) is 20.1. The molecule has 1 saturated heterocycles. The molecule has 2 fully saturated rings. The molecule has 1 aliphatic heterocycles. The van der Waals surface area contributed by atoms with Gasteiger partial charge in [-0.3, -0.25) is 19.1 Å². The SMILES string of the molecule is CC(C)n1nccc1C(=O)N[C@H](C(=O)Nc1ccc([C@H](C)C(=O)N2CCC(=C(F)F)CC2)cc1F)C1CCCCCC1. The molecule has 42 heavy (non-hydrogen) atoms. The number of amides is 3. The van der Waals surface area contributed by atoms with Gasteiger partial charge in [0, 0.05) is 25.3 Å². The van der Waals surface area contributed by atoms with Gasteiger partial charge in [0.05, 0.1) is 11.6 Å². The number of piperidine rings is 1. The molecular formula is C31H40F3N5O3. The number of hydrogen-bond donors (Lipinski definition) is 2. The summed E-state index contributed by atoms with van der Waals surface area (Å²) in [5.41, 5.74) is 0.793. The van der Waals surface area contributed by atoms with E-state index in [-0.39, 0.29) is 55.1 Å². The Morgan fingerprint density at radius 3 is 2.24 bits per heavy atom. The highest BCUT2D eigenvalue weighted by atomic mass is 19.3. The summed E-state index contributed by atoms with van der Waals surface area (Å²) in [6.45, 7) is 5.86. The first-order valence-corrected chi connectivity index (χ1v) is 14.8. The van der Waals surface area contributed by atoms with E-state index in [1.807, 2.05) is 13.8 Å². The van der Waals surface area contributed by atoms with E-state index < -0.39 is 35.7 Å². The van der Waals surface area contributed by atoms with Crippen molar-refractivity contribution in [3.8, 4) is 0 Å². The topological polar surface area (TPSA) is 96.3 Å². The number of halogens is 3. The Balaban J connectivity index is 1.47. The Hall–Kier alpha value is -3.63. The summed E-state index contributed by atoms with van der Waals surface area (Å²) in [5, 5.41) is 9.79. The zero-order chi connectivity index (χ0) is 30.4. The molecule has 3 amide bonds. The summed E-state index contributed by atoms with van der Waals surface area (Å²) >= 11 is 0. The molecule has 11 heteroatoms. The van der Waals surface area contributed by atoms with Crippen LogP contribution in [0.15, 0.2) is 42.1 Å². The van der Waals surface area contributed by atoms with E-state index in [4.69, 9.17) is 0 Å². The van der Waals surface area contributed by atoms with Gasteiger partial charge in [-0.25, -0.2) is 4.39 Å². The molecule has 0 radical (unpaired) electrons. The summed E-state index contributed by atoms with van der Waals surface area (Å²) in [6, 6.07) is 4.92. The van der Waals surface area contributed by atoms with Crippen molar-refractivity contribution in [2.75, 3.05) is 18.4 Å². The van der Waals surface area contributed by atoms with Crippen molar-refractivity contribution in [3.63, 3.8) is 0 Å². The Labute approximate surface area is 244 Å². The smallest absolute Gasteiger partial charge is 0.270 e. The predicted molar refractivity (Wildman–Crippen MR) is 154 cm³/mol. The number of rotatable bonds is 8. The van der Waals surface area contributed by atoms with Crippen LogP contribution in [0.25, 0.3) is 0 Å². The second-order valence-electron chi connectivity index (χ2n) is 11.6. The second-order valence-corrected chi connectivity index (χ2v) is 11.6. The van der Waals surface area contributed by atoms with Gasteiger partial charge in [0.25, 0.3) is 12.0 Å². The molecule has 2 N–H and O–H groups in total. The normalized spacial score (nSPS) is 17.9. The van der Waals surface area contributed by atoms with Gasteiger partial charge in [-0.05, 0) is 81.7 Å². The van der Waals surface area contributed by atoms with Crippen LogP contribution >= 0.6 is 0 Å². The maximum atomic E-state index is 15.3. The average molecular weight is 588 g/mol. The monoisotopic (exact) mass is 587 g/mol. The summed E-state index contributed by atoms with van der Waals surface area (Å²) in [7, 11) is 0. The lowest BCUT2D eigenvalue weighted by Crippen LogP contribution is -2.49. The number of nitrogens with zero attached hydrogens (tertiary/aromatic N) is 3. The number of likely N-dealkylation sites (tertiary alicyclic amines) is 1. The maximum Gasteiger partial charge on any atom is 0.270 e. The van der Waals surface area contributed by atoms with E-state index in [1.165, 1.54) is 17.0 Å². The van der Waals surface area contributed by atoms with Crippen molar-refractivity contribution in [3.05, 3.63) is 59.2 Å². The minimum absolute atomic E-state index is 0.0462. The van der Waals surface area contributed by atoms with E-state index in [1.54, 1.807) is 29.9 Å². The number of carbonyl (C=O) groups is 3. The standard InChI is InChI=1S/C31H40F3N5O3/c1-19(2)39-26(12-15-35-39)29(40)37-27(21-8-6-4-5-7-9-21)30(41)36-25-11-10-23(18-24(25)32)20(3)31(42)38-16-13-22(14-17-38)28(33)34/h10-12,15,18-21,27H,4-9,13-14,16-17H2,1-3H3,(H,36,41)(H,37,40)/t20-,27-/m0/s1. The molecule has 8 nitrogen and oxygen atoms in total. The van der Waals surface area contributed by atoms with Gasteiger partial charge in [0.2, 0.25) is 11.8 Å². The summed E-state index contributed by atoms with van der Waals surface area (Å²) in [4.78, 5) is 41.3. The third kappa shape index (κ3) is 7.41. The van der Waals surface area contributed by atoms with Gasteiger partial charge in [0.15, 0.2) is 0 Å². The van der Waals surface area contributed by atoms with E-state index in [9.17, 15) is 23.2 Å². The second kappa shape index (κ2) is 14.0. The third-order valence-corrected chi connectivity index (χ3v) is 8.40. The molecule has 2 atom stereocenters. The first kappa shape index (κ1) is 31.3. The number of nitrogens with one attached hydrogen (secondary N) is 2. The highest BCUT2D eigenvalue weighted by molar-refractivity contribution is 6.00. The summed E-state index contributed by atoms with van der Waals surface area (Å²) in [5.74, 6) is -2.66. The Kier molecular flexibility index (Phi) is 10.5. The molecular weight excluding hydrogens is 547 g/mol. The molecule has 0 spiro atoms. The molecule has 228 valence electrons. The third-order valence-electron chi connectivity index (χ3n) is 8.40. The van der Waals surface area contributed by atoms with Crippen LogP contribution in [0.2, 0.25) is 0 Å². The van der Waals surface area contributed by atoms with Crippen LogP contribution in [0.4, 0.5) is 18.9 Å². The van der Waals surface area contributed by atoms with Gasteiger partial charge in [-0.15, -0.1) is 0 Å². The summed E-state index contributed by atoms with van der Waals surface area (Å²) in [6.07, 6.45) is 5.67. The van der Waals surface area contributed by atoms with Crippen LogP contribution in [0.3, 0.4) is 0 Å². The molecule has 2 aliphatic rings. The molecule has 2 aromatic rings. The molecule has 4 rings (SSSR count). The van der Waals surface area contributed by atoms with Gasteiger partial charge >= 0.3 is 0 Å². The molecule has 1 aromatic heterocycles. The number of carbonyl (C=O) groups excluding carboxylic acids is 3. The molecule has 2 heterocycles. The van der Waals surface area contributed by atoms with Crippen molar-refractivity contribution in [2.45, 2.75) is 90.1 Å². The zero-order valence-electron chi connectivity index (χ0n) is 24.5. The fraction of sp³-hybridized carbons (Fsp3) is 0.548. The Morgan fingerprint density at radius 1 is 0.976 bits per heavy atom. The minimum atomic E-state index is -1.68. The molecule has 1 aliphatic carbocycles. The number of anilines is 1. The van der Waals surface area contributed by atoms with Gasteiger partial charge in [-0.1, -0.05) is 31.7 Å². The quantitative estimate of drug-likeness (QED) is 0.360. The zero-order valence-corrected chi connectivity index (χ0v) is 24.5. The number of aromatic nitrogens is 2. The average Bonchev–Trinajstić information content (AvgIpc) is 3.33. The van der Waals surface area contributed by atoms with Gasteiger partial charge in [-0.2, -0.15) is 13.9 Å². The van der Waals surface area contributed by atoms with Crippen LogP contribution in [0.1, 0.15) is 100 Å². The number of hydrogen-bond acceptors (Lipinski definition) is 4. The summed E-state index contributed by atoms with van der Waals surface area (Å²) < 4.78 is 42.6. The van der Waals surface area contributed by atoms with Crippen molar-refractivity contribution in [1.82, 2.24) is 20.0 Å². The van der Waals surface area contributed by atoms with E-state index in [0.29, 0.717) is 11.3 Å². The van der Waals surface area contributed by atoms with Crippen molar-refractivity contribution >= 4 is 23.4 Å². The van der Waals surface area contributed by atoms with Crippen LogP contribution in [-0.2, 0) is 9.59 Å². The first-order valence-electron chi connectivity index (χ1n) is 14.8. The van der Waals surface area contributed by atoms with Crippen molar-refractivity contribution < 1.29 is 27.6 Å². The molecule has 1 aromatic carbocycles. The highest BCUT2D eigenvalue weighted by Gasteiger charge is 2.32. The van der Waals surface area contributed by atoms with E-state index in [2.05, 4.69) is 15.7 Å². The lowest BCUT2D eigenvalue weighted by atomic mass is 9.90. The minimum Gasteiger partial charge on any atom is -0.342 e. The van der Waals surface area contributed by atoms with Gasteiger partial charge < -0.3 is 15.5 Å². The fourth-order valence-corrected chi connectivity index (χ4v) is 5.88. The van der Waals surface area contributed by atoms with Crippen LogP contribution in [0.5, 0.6) is 0 Å². The Bertz CT molecular complexity index is 1300. The number of benzene rings is 1. The predicted octanol–water partition coefficient (Wildman–Crippen LogP) is 6.19. The largest absolute Gasteiger partial charge is 0.342 e. The lowest BCUT2D eigenvalue weighted by molar-refractivity contribution is -0.133. The maximum absolute atomic E-state index is 15.3. The Morgan fingerprint density at radius 2 is 1.64 bits per heavy atom. The molecule has 1 saturated carbocycles. The molecule has 0 unspecified atom stereocenters. The molecule has 0 bridgehead atoms. The van der Waals surface area contributed by atoms with Crippen LogP contribution < -0.4 is 10.6 Å². The van der Waals surface area contributed by atoms with Crippen molar-refractivity contribution in [1.29, 1.82) is 0 Å².